The number of ether oxygens (including phenoxy) is 6. The Balaban J connectivity index is -0.000000316. The number of hydrogen-bond donors (Lipinski definition) is 1. The number of aliphatic hydroxyl groups excluding tert-OH is 1. The van der Waals surface area contributed by atoms with Gasteiger partial charge in [-0.05, 0) is 0 Å². The van der Waals surface area contributed by atoms with Gasteiger partial charge in [-0.3, -0.25) is 0 Å². The van der Waals surface area contributed by atoms with E-state index in [2.05, 4.69) is 14.2 Å². The smallest absolute Gasteiger partial charge is 0.857 e. The molecular weight excluding hydrogens is 375 g/mol. The van der Waals surface area contributed by atoms with Crippen LogP contribution < -0.4 is 34.7 Å². The van der Waals surface area contributed by atoms with Crippen LogP contribution in [0.2, 0.25) is 0 Å². The van der Waals surface area contributed by atoms with Crippen LogP contribution in [0.4, 0.5) is 9.59 Å². The summed E-state index contributed by atoms with van der Waals surface area (Å²) in [6, 6.07) is 0. The van der Waals surface area contributed by atoms with E-state index in [1.807, 2.05) is 13.8 Å². The number of rotatable bonds is 3. The van der Waals surface area contributed by atoms with Crippen LogP contribution in [0.1, 0.15) is 13.8 Å². The minimum atomic E-state index is -0.657. The molecule has 0 aromatic rings. The van der Waals surface area contributed by atoms with Gasteiger partial charge in [-0.15, -0.1) is 0 Å². The van der Waals surface area contributed by atoms with Gasteiger partial charge in [0, 0.05) is 10.8 Å². The van der Waals surface area contributed by atoms with Gasteiger partial charge in [-0.1, -0.05) is 13.8 Å². The Morgan fingerprint density at radius 1 is 0.889 bits per heavy atom. The van der Waals surface area contributed by atoms with Gasteiger partial charge in [0.25, 0.3) is 0 Å². The maximum Gasteiger partial charge on any atom is 1.00 e. The molecular formula is C16H31NaO10. The molecule has 11 heteroatoms. The van der Waals surface area contributed by atoms with Crippen molar-refractivity contribution in [2.45, 2.75) is 13.8 Å². The van der Waals surface area contributed by atoms with Gasteiger partial charge in [0.15, 0.2) is 0 Å². The Morgan fingerprint density at radius 2 is 1.26 bits per heavy atom. The number of hydrogen-bond acceptors (Lipinski definition) is 10. The Hall–Kier alpha value is -0.620. The number of carbonyl (C=O) groups excluding carboxylic acids is 2. The van der Waals surface area contributed by atoms with Crippen molar-refractivity contribution in [3.05, 3.63) is 0 Å². The standard InChI is InChI=1S/C7H12O4.C5H10O2.C3H6O3.CH3O.Na/c1-7(3-10-4-7)5-11-6(8)9-2;1-5(2-6)3-7-4-5;1-5-3(4)6-2;1-2;/h3-5H2,1-2H3;6H,2-4H2,1H3;1-2H3;1H3;/q;;;-1;+1. The number of carbonyl (C=O) groups is 2. The quantitative estimate of drug-likeness (QED) is 0.387. The van der Waals surface area contributed by atoms with Crippen molar-refractivity contribution >= 4 is 12.3 Å². The Kier molecular flexibility index (Phi) is 20.1. The summed E-state index contributed by atoms with van der Waals surface area (Å²) >= 11 is 0. The van der Waals surface area contributed by atoms with Crippen LogP contribution in [0.5, 0.6) is 0 Å². The monoisotopic (exact) mass is 406 g/mol. The van der Waals surface area contributed by atoms with Gasteiger partial charge in [-0.2, -0.15) is 7.11 Å². The third-order valence-corrected chi connectivity index (χ3v) is 3.22. The summed E-state index contributed by atoms with van der Waals surface area (Å²) in [6.45, 7) is 7.41. The molecule has 2 aliphatic heterocycles. The first-order valence-corrected chi connectivity index (χ1v) is 7.74. The summed E-state index contributed by atoms with van der Waals surface area (Å²) in [5.74, 6) is 0. The summed E-state index contributed by atoms with van der Waals surface area (Å²) in [4.78, 5) is 20.2. The van der Waals surface area contributed by atoms with Crippen LogP contribution in [-0.4, -0.2) is 85.5 Å². The Bertz CT molecular complexity index is 372. The molecule has 156 valence electrons. The maximum atomic E-state index is 10.5. The van der Waals surface area contributed by atoms with Gasteiger partial charge >= 0.3 is 41.9 Å². The molecule has 2 heterocycles. The summed E-state index contributed by atoms with van der Waals surface area (Å²) in [7, 11) is 4.56. The summed E-state index contributed by atoms with van der Waals surface area (Å²) in [5.41, 5.74) is 0.105. The molecule has 10 nitrogen and oxygen atoms in total. The van der Waals surface area contributed by atoms with Crippen LogP contribution in [0.25, 0.3) is 0 Å². The van der Waals surface area contributed by atoms with E-state index in [1.165, 1.54) is 21.3 Å². The molecule has 2 fully saturated rings. The van der Waals surface area contributed by atoms with Gasteiger partial charge in [0.05, 0.1) is 54.4 Å². The van der Waals surface area contributed by atoms with E-state index >= 15 is 0 Å². The second-order valence-electron chi connectivity index (χ2n) is 6.17. The van der Waals surface area contributed by atoms with Crippen LogP contribution in [-0.2, 0) is 28.4 Å². The molecule has 0 unspecified atom stereocenters. The summed E-state index contributed by atoms with van der Waals surface area (Å²) < 4.78 is 27.0. The first-order chi connectivity index (χ1) is 12.2. The molecule has 0 aliphatic carbocycles. The molecule has 0 aromatic heterocycles. The van der Waals surface area contributed by atoms with Crippen molar-refractivity contribution in [1.82, 2.24) is 0 Å². The fraction of sp³-hybridized carbons (Fsp3) is 0.875. The second-order valence-corrected chi connectivity index (χ2v) is 6.17. The molecule has 0 saturated carbocycles. The van der Waals surface area contributed by atoms with Gasteiger partial charge in [0.2, 0.25) is 0 Å². The normalized spacial score (nSPS) is 16.9. The third kappa shape index (κ3) is 15.0. The van der Waals surface area contributed by atoms with Crippen molar-refractivity contribution in [1.29, 1.82) is 0 Å². The molecule has 0 radical (unpaired) electrons. The van der Waals surface area contributed by atoms with Crippen LogP contribution >= 0.6 is 0 Å². The minimum Gasteiger partial charge on any atom is -0.857 e. The summed E-state index contributed by atoms with van der Waals surface area (Å²) in [6.07, 6.45) is -1.28. The van der Waals surface area contributed by atoms with E-state index in [-0.39, 0.29) is 47.0 Å². The fourth-order valence-corrected chi connectivity index (χ4v) is 1.45. The van der Waals surface area contributed by atoms with Crippen LogP contribution in [0, 0.1) is 10.8 Å². The van der Waals surface area contributed by atoms with Gasteiger partial charge in [-0.25, -0.2) is 9.59 Å². The zero-order valence-electron chi connectivity index (χ0n) is 17.4. The number of methoxy groups -OCH3 is 3. The summed E-state index contributed by atoms with van der Waals surface area (Å²) in [5, 5.41) is 16.8. The number of aliphatic hydroxyl groups is 1. The van der Waals surface area contributed by atoms with Gasteiger partial charge < -0.3 is 38.6 Å². The van der Waals surface area contributed by atoms with E-state index in [4.69, 9.17) is 24.4 Å². The topological polar surface area (TPSA) is 133 Å². The largest absolute Gasteiger partial charge is 1.00 e. The third-order valence-electron chi connectivity index (χ3n) is 3.22. The van der Waals surface area contributed by atoms with Crippen molar-refractivity contribution in [3.8, 4) is 0 Å². The SMILES string of the molecule is CC1(CO)COC1.COC(=O)OC.COC(=O)OCC1(C)COC1.C[O-].[Na+]. The van der Waals surface area contributed by atoms with E-state index in [0.717, 1.165) is 20.3 Å². The van der Waals surface area contributed by atoms with Gasteiger partial charge in [0.1, 0.15) is 6.61 Å². The average molecular weight is 406 g/mol. The fourth-order valence-electron chi connectivity index (χ4n) is 1.45. The van der Waals surface area contributed by atoms with Crippen molar-refractivity contribution in [2.24, 2.45) is 10.8 Å². The maximum absolute atomic E-state index is 10.5. The first-order valence-electron chi connectivity index (χ1n) is 7.74. The van der Waals surface area contributed by atoms with Crippen LogP contribution in [0.15, 0.2) is 0 Å². The van der Waals surface area contributed by atoms with Crippen LogP contribution in [0.3, 0.4) is 0 Å². The molecule has 2 rings (SSSR count). The van der Waals surface area contributed by atoms with E-state index < -0.39 is 12.3 Å². The molecule has 0 amide bonds. The van der Waals surface area contributed by atoms with Crippen molar-refractivity contribution in [2.75, 3.05) is 68.1 Å². The zero-order valence-corrected chi connectivity index (χ0v) is 19.4. The molecule has 27 heavy (non-hydrogen) atoms. The van der Waals surface area contributed by atoms with Crippen molar-refractivity contribution < 1.29 is 77.8 Å². The zero-order chi connectivity index (χ0) is 20.6. The predicted molar refractivity (Wildman–Crippen MR) is 88.6 cm³/mol. The van der Waals surface area contributed by atoms with E-state index in [1.54, 1.807) is 0 Å². The van der Waals surface area contributed by atoms with E-state index in [0.29, 0.717) is 19.8 Å². The molecule has 1 N–H and O–H groups in total. The molecule has 2 saturated heterocycles. The molecule has 2 aliphatic rings. The Morgan fingerprint density at radius 3 is 1.41 bits per heavy atom. The Labute approximate surface area is 182 Å². The average Bonchev–Trinajstić information content (AvgIpc) is 2.64. The van der Waals surface area contributed by atoms with E-state index in [9.17, 15) is 9.59 Å². The molecule has 0 spiro atoms. The van der Waals surface area contributed by atoms with Crippen molar-refractivity contribution in [3.63, 3.8) is 0 Å². The first kappa shape index (κ1) is 31.1. The second kappa shape index (κ2) is 17.5. The minimum absolute atomic E-state index is 0. The molecule has 0 atom stereocenters. The predicted octanol–water partition coefficient (Wildman–Crippen LogP) is -2.80. The molecule has 0 aromatic carbocycles. The molecule has 0 bridgehead atoms.